The van der Waals surface area contributed by atoms with Crippen LogP contribution >= 0.6 is 0 Å². The van der Waals surface area contributed by atoms with Crippen LogP contribution < -0.4 is 11.1 Å². The first kappa shape index (κ1) is 16.2. The average molecular weight is 296 g/mol. The van der Waals surface area contributed by atoms with E-state index in [0.29, 0.717) is 12.1 Å². The lowest BCUT2D eigenvalue weighted by molar-refractivity contribution is 0.0951. The molecule has 0 radical (unpaired) electrons. The summed E-state index contributed by atoms with van der Waals surface area (Å²) >= 11 is 0. The highest BCUT2D eigenvalue weighted by Gasteiger charge is 2.14. The van der Waals surface area contributed by atoms with Gasteiger partial charge in [-0.15, -0.1) is 0 Å². The van der Waals surface area contributed by atoms with Gasteiger partial charge in [0, 0.05) is 18.2 Å². The summed E-state index contributed by atoms with van der Waals surface area (Å²) in [5.41, 5.74) is 9.07. The van der Waals surface area contributed by atoms with E-state index in [-0.39, 0.29) is 17.4 Å². The van der Waals surface area contributed by atoms with Crippen LogP contribution in [0.15, 0.2) is 54.6 Å². The summed E-state index contributed by atoms with van der Waals surface area (Å²) in [6.45, 7) is 6.88. The Morgan fingerprint density at radius 3 is 2.18 bits per heavy atom. The van der Waals surface area contributed by atoms with Gasteiger partial charge in [-0.25, -0.2) is 0 Å². The number of rotatable bonds is 4. The van der Waals surface area contributed by atoms with Gasteiger partial charge in [0.05, 0.1) is 0 Å². The van der Waals surface area contributed by atoms with Crippen molar-refractivity contribution in [3.63, 3.8) is 0 Å². The van der Waals surface area contributed by atoms with Gasteiger partial charge in [0.15, 0.2) is 0 Å². The van der Waals surface area contributed by atoms with E-state index in [4.69, 9.17) is 5.73 Å². The van der Waals surface area contributed by atoms with Crippen molar-refractivity contribution in [3.8, 4) is 0 Å². The summed E-state index contributed by atoms with van der Waals surface area (Å²) in [6, 6.07) is 17.3. The summed E-state index contributed by atoms with van der Waals surface area (Å²) in [6.07, 6.45) is 0. The summed E-state index contributed by atoms with van der Waals surface area (Å²) in [4.78, 5) is 12.2. The van der Waals surface area contributed by atoms with Crippen molar-refractivity contribution < 1.29 is 4.79 Å². The van der Waals surface area contributed by atoms with Crippen molar-refractivity contribution in [2.45, 2.75) is 32.2 Å². The minimum Gasteiger partial charge on any atom is -0.350 e. The maximum atomic E-state index is 12.2. The van der Waals surface area contributed by atoms with Crippen LogP contribution in [0.5, 0.6) is 0 Å². The molecule has 0 spiro atoms. The molecule has 3 N–H and O–H groups in total. The van der Waals surface area contributed by atoms with E-state index < -0.39 is 0 Å². The third-order valence-corrected chi connectivity index (χ3v) is 3.72. The highest BCUT2D eigenvalue weighted by Crippen LogP contribution is 2.22. The fourth-order valence-corrected chi connectivity index (χ4v) is 2.24. The monoisotopic (exact) mass is 296 g/mol. The summed E-state index contributed by atoms with van der Waals surface area (Å²) in [5, 5.41) is 2.89. The molecule has 2 aromatic rings. The lowest BCUT2D eigenvalue weighted by atomic mass is 9.87. The minimum absolute atomic E-state index is 0.0880. The highest BCUT2D eigenvalue weighted by molar-refractivity contribution is 5.94. The lowest BCUT2D eigenvalue weighted by Gasteiger charge is -2.19. The Morgan fingerprint density at radius 2 is 1.64 bits per heavy atom. The molecule has 116 valence electrons. The predicted octanol–water partition coefficient (Wildman–Crippen LogP) is 3.41. The standard InChI is InChI=1S/C19H24N2O/c1-19(2,3)16-11-9-15(10-12-16)18(22)21-13-17(20)14-7-5-4-6-8-14/h4-12,17H,13,20H2,1-3H3,(H,21,22). The number of benzene rings is 2. The molecule has 0 fully saturated rings. The molecule has 1 unspecified atom stereocenters. The largest absolute Gasteiger partial charge is 0.350 e. The van der Waals surface area contributed by atoms with Crippen LogP contribution in [0.25, 0.3) is 0 Å². The molecule has 0 saturated heterocycles. The second kappa shape index (κ2) is 6.75. The zero-order chi connectivity index (χ0) is 16.2. The molecule has 0 saturated carbocycles. The van der Waals surface area contributed by atoms with E-state index in [2.05, 4.69) is 26.1 Å². The number of carbonyl (C=O) groups is 1. The predicted molar refractivity (Wildman–Crippen MR) is 90.8 cm³/mol. The normalized spacial score (nSPS) is 12.7. The van der Waals surface area contributed by atoms with Gasteiger partial charge in [0.2, 0.25) is 0 Å². The Balaban J connectivity index is 1.95. The summed E-state index contributed by atoms with van der Waals surface area (Å²) in [7, 11) is 0. The first-order chi connectivity index (χ1) is 10.4. The highest BCUT2D eigenvalue weighted by atomic mass is 16.1. The van der Waals surface area contributed by atoms with Crippen LogP contribution in [-0.4, -0.2) is 12.5 Å². The van der Waals surface area contributed by atoms with Crippen LogP contribution in [0.3, 0.4) is 0 Å². The fourth-order valence-electron chi connectivity index (χ4n) is 2.24. The Morgan fingerprint density at radius 1 is 1.05 bits per heavy atom. The van der Waals surface area contributed by atoms with Crippen LogP contribution in [-0.2, 0) is 5.41 Å². The molecule has 0 aliphatic carbocycles. The number of hydrogen-bond acceptors (Lipinski definition) is 2. The van der Waals surface area contributed by atoms with Crippen LogP contribution in [0.2, 0.25) is 0 Å². The minimum atomic E-state index is -0.195. The SMILES string of the molecule is CC(C)(C)c1ccc(C(=O)NCC(N)c2ccccc2)cc1. The third kappa shape index (κ3) is 4.18. The van der Waals surface area contributed by atoms with E-state index in [1.165, 1.54) is 5.56 Å². The third-order valence-electron chi connectivity index (χ3n) is 3.72. The zero-order valence-corrected chi connectivity index (χ0v) is 13.5. The molecule has 0 heterocycles. The van der Waals surface area contributed by atoms with Gasteiger partial charge < -0.3 is 11.1 Å². The van der Waals surface area contributed by atoms with E-state index in [1.54, 1.807) is 0 Å². The number of amides is 1. The quantitative estimate of drug-likeness (QED) is 0.908. The van der Waals surface area contributed by atoms with Crippen molar-refractivity contribution in [1.82, 2.24) is 5.32 Å². The fraction of sp³-hybridized carbons (Fsp3) is 0.316. The number of nitrogens with two attached hydrogens (primary N) is 1. The van der Waals surface area contributed by atoms with Crippen LogP contribution in [0.4, 0.5) is 0 Å². The molecule has 3 nitrogen and oxygen atoms in total. The molecule has 1 atom stereocenters. The maximum absolute atomic E-state index is 12.2. The van der Waals surface area contributed by atoms with Gasteiger partial charge in [-0.3, -0.25) is 4.79 Å². The van der Waals surface area contributed by atoms with E-state index in [9.17, 15) is 4.79 Å². The number of nitrogens with one attached hydrogen (secondary N) is 1. The van der Waals surface area contributed by atoms with Gasteiger partial charge in [0.1, 0.15) is 0 Å². The van der Waals surface area contributed by atoms with E-state index >= 15 is 0 Å². The average Bonchev–Trinajstić information content (AvgIpc) is 2.52. The topological polar surface area (TPSA) is 55.1 Å². The molecule has 1 amide bonds. The van der Waals surface area contributed by atoms with Crippen molar-refractivity contribution >= 4 is 5.91 Å². The molecular formula is C19H24N2O. The molecule has 0 aliphatic heterocycles. The zero-order valence-electron chi connectivity index (χ0n) is 13.5. The molecule has 0 bridgehead atoms. The van der Waals surface area contributed by atoms with Crippen LogP contribution in [0.1, 0.15) is 48.3 Å². The first-order valence-electron chi connectivity index (χ1n) is 7.57. The van der Waals surface area contributed by atoms with Crippen LogP contribution in [0, 0.1) is 0 Å². The smallest absolute Gasteiger partial charge is 0.251 e. The summed E-state index contributed by atoms with van der Waals surface area (Å²) in [5.74, 6) is -0.0909. The maximum Gasteiger partial charge on any atom is 0.251 e. The van der Waals surface area contributed by atoms with E-state index in [0.717, 1.165) is 5.56 Å². The molecule has 22 heavy (non-hydrogen) atoms. The van der Waals surface area contributed by atoms with Gasteiger partial charge in [0.25, 0.3) is 5.91 Å². The van der Waals surface area contributed by atoms with Gasteiger partial charge in [-0.1, -0.05) is 63.2 Å². The second-order valence-corrected chi connectivity index (χ2v) is 6.55. The van der Waals surface area contributed by atoms with Crippen molar-refractivity contribution in [3.05, 3.63) is 71.3 Å². The van der Waals surface area contributed by atoms with Gasteiger partial charge in [-0.05, 0) is 28.7 Å². The molecule has 0 aliphatic rings. The van der Waals surface area contributed by atoms with Gasteiger partial charge >= 0.3 is 0 Å². The van der Waals surface area contributed by atoms with Crippen molar-refractivity contribution in [1.29, 1.82) is 0 Å². The Hall–Kier alpha value is -2.13. The Bertz CT molecular complexity index is 612. The van der Waals surface area contributed by atoms with Crippen molar-refractivity contribution in [2.75, 3.05) is 6.54 Å². The second-order valence-electron chi connectivity index (χ2n) is 6.55. The Kier molecular flexibility index (Phi) is 4.99. The Labute approximate surface area is 132 Å². The molecule has 2 rings (SSSR count). The number of hydrogen-bond donors (Lipinski definition) is 2. The first-order valence-corrected chi connectivity index (χ1v) is 7.57. The molecule has 2 aromatic carbocycles. The lowest BCUT2D eigenvalue weighted by Crippen LogP contribution is -2.31. The molecular weight excluding hydrogens is 272 g/mol. The number of carbonyl (C=O) groups excluding carboxylic acids is 1. The van der Waals surface area contributed by atoms with E-state index in [1.807, 2.05) is 54.6 Å². The van der Waals surface area contributed by atoms with Crippen molar-refractivity contribution in [2.24, 2.45) is 5.73 Å². The molecule has 0 aromatic heterocycles. The van der Waals surface area contributed by atoms with Gasteiger partial charge in [-0.2, -0.15) is 0 Å². The summed E-state index contributed by atoms with van der Waals surface area (Å²) < 4.78 is 0. The molecule has 3 heteroatoms.